The molecular weight excluding hydrogens is 399 g/mol. The van der Waals surface area contributed by atoms with Gasteiger partial charge in [-0.05, 0) is 44.3 Å². The Kier molecular flexibility index (Phi) is 10.3. The third-order valence-corrected chi connectivity index (χ3v) is 4.22. The van der Waals surface area contributed by atoms with Crippen LogP contribution in [0.5, 0.6) is 0 Å². The molecule has 0 radical (unpaired) electrons. The van der Waals surface area contributed by atoms with Gasteiger partial charge in [0.15, 0.2) is 5.96 Å². The molecule has 1 fully saturated rings. The number of nitrogens with zero attached hydrogens (tertiary/aromatic N) is 2. The maximum Gasteiger partial charge on any atom is 0.191 e. The summed E-state index contributed by atoms with van der Waals surface area (Å²) in [4.78, 5) is 7.27. The largest absolute Gasteiger partial charge is 0.357 e. The first-order valence-corrected chi connectivity index (χ1v) is 8.60. The van der Waals surface area contributed by atoms with Crippen LogP contribution in [0.2, 0.25) is 0 Å². The number of guanidine groups is 1. The number of hydrogen-bond donors (Lipinski definition) is 2. The number of rotatable bonds is 7. The minimum absolute atomic E-state index is 0. The smallest absolute Gasteiger partial charge is 0.191 e. The van der Waals surface area contributed by atoms with Crippen LogP contribution in [-0.2, 0) is 6.42 Å². The molecule has 2 N–H and O–H groups in total. The van der Waals surface area contributed by atoms with Crippen LogP contribution in [0.1, 0.15) is 25.8 Å². The number of benzene rings is 1. The molecule has 0 bridgehead atoms. The molecule has 1 unspecified atom stereocenters. The van der Waals surface area contributed by atoms with Crippen LogP contribution in [0.4, 0.5) is 0 Å². The van der Waals surface area contributed by atoms with Crippen LogP contribution in [0.3, 0.4) is 0 Å². The van der Waals surface area contributed by atoms with Crippen LogP contribution >= 0.6 is 24.0 Å². The Hall–Kier alpha value is -0.820. The Morgan fingerprint density at radius 1 is 1.22 bits per heavy atom. The highest BCUT2D eigenvalue weighted by Crippen LogP contribution is 2.15. The van der Waals surface area contributed by atoms with Crippen molar-refractivity contribution in [3.8, 4) is 0 Å². The third-order valence-electron chi connectivity index (χ3n) is 4.22. The Morgan fingerprint density at radius 2 is 2.00 bits per heavy atom. The summed E-state index contributed by atoms with van der Waals surface area (Å²) in [5.41, 5.74) is 1.36. The van der Waals surface area contributed by atoms with Crippen LogP contribution in [0, 0.1) is 5.92 Å². The lowest BCUT2D eigenvalue weighted by molar-refractivity contribution is 0.343. The van der Waals surface area contributed by atoms with Crippen molar-refractivity contribution in [2.45, 2.75) is 26.7 Å². The van der Waals surface area contributed by atoms with Crippen LogP contribution in [-0.4, -0.2) is 50.1 Å². The molecule has 1 aliphatic heterocycles. The van der Waals surface area contributed by atoms with E-state index in [9.17, 15) is 0 Å². The van der Waals surface area contributed by atoms with E-state index in [2.05, 4.69) is 59.7 Å². The number of halogens is 1. The summed E-state index contributed by atoms with van der Waals surface area (Å²) in [6.45, 7) is 10.7. The zero-order valence-electron chi connectivity index (χ0n) is 14.4. The van der Waals surface area contributed by atoms with E-state index in [0.717, 1.165) is 38.6 Å². The first kappa shape index (κ1) is 20.2. The average molecular weight is 430 g/mol. The van der Waals surface area contributed by atoms with E-state index in [1.807, 2.05) is 0 Å². The topological polar surface area (TPSA) is 39.7 Å². The van der Waals surface area contributed by atoms with Gasteiger partial charge in [0.1, 0.15) is 0 Å². The van der Waals surface area contributed by atoms with Crippen molar-refractivity contribution in [1.29, 1.82) is 0 Å². The quantitative estimate of drug-likeness (QED) is 0.397. The van der Waals surface area contributed by atoms with Crippen LogP contribution < -0.4 is 10.6 Å². The molecular formula is C18H31IN4. The fourth-order valence-corrected chi connectivity index (χ4v) is 2.88. The summed E-state index contributed by atoms with van der Waals surface area (Å²) in [5.74, 6) is 1.66. The van der Waals surface area contributed by atoms with Gasteiger partial charge in [-0.15, -0.1) is 24.0 Å². The van der Waals surface area contributed by atoms with E-state index < -0.39 is 0 Å². The maximum absolute atomic E-state index is 4.76. The van der Waals surface area contributed by atoms with Crippen LogP contribution in [0.25, 0.3) is 0 Å². The third kappa shape index (κ3) is 7.52. The number of likely N-dealkylation sites (tertiary alicyclic amines) is 1. The van der Waals surface area contributed by atoms with Gasteiger partial charge in [0.05, 0.1) is 0 Å². The van der Waals surface area contributed by atoms with Crippen molar-refractivity contribution in [3.63, 3.8) is 0 Å². The summed E-state index contributed by atoms with van der Waals surface area (Å²) in [6, 6.07) is 10.6. The molecule has 0 aliphatic carbocycles. The predicted octanol–water partition coefficient (Wildman–Crippen LogP) is 2.74. The minimum Gasteiger partial charge on any atom is -0.357 e. The molecule has 1 aromatic rings. The highest BCUT2D eigenvalue weighted by atomic mass is 127. The molecule has 0 aromatic heterocycles. The standard InChI is InChI=1S/C18H30N4.HI/c1-3-19-18(20-12-10-16-8-6-5-7-9-16)21-14-17-11-13-22(4-2)15-17;/h5-9,17H,3-4,10-15H2,1-2H3,(H2,19,20,21);1H. The van der Waals surface area contributed by atoms with Crippen molar-refractivity contribution >= 4 is 29.9 Å². The second-order valence-corrected chi connectivity index (χ2v) is 5.93. The summed E-state index contributed by atoms with van der Waals surface area (Å²) < 4.78 is 0. The van der Waals surface area contributed by atoms with Gasteiger partial charge in [-0.2, -0.15) is 0 Å². The summed E-state index contributed by atoms with van der Waals surface area (Å²) >= 11 is 0. The molecule has 1 aliphatic rings. The molecule has 1 saturated heterocycles. The molecule has 2 rings (SSSR count). The zero-order valence-corrected chi connectivity index (χ0v) is 16.8. The maximum atomic E-state index is 4.76. The van der Waals surface area contributed by atoms with Gasteiger partial charge in [0.2, 0.25) is 0 Å². The molecule has 130 valence electrons. The fourth-order valence-electron chi connectivity index (χ4n) is 2.88. The number of aliphatic imine (C=N–C) groups is 1. The highest BCUT2D eigenvalue weighted by Gasteiger charge is 2.20. The lowest BCUT2D eigenvalue weighted by Gasteiger charge is -2.14. The van der Waals surface area contributed by atoms with Crippen molar-refractivity contribution < 1.29 is 0 Å². The van der Waals surface area contributed by atoms with Crippen molar-refractivity contribution in [1.82, 2.24) is 15.5 Å². The lowest BCUT2D eigenvalue weighted by Crippen LogP contribution is -2.38. The SMILES string of the molecule is CCNC(=NCC1CCN(CC)C1)NCCc1ccccc1.I. The highest BCUT2D eigenvalue weighted by molar-refractivity contribution is 14.0. The van der Waals surface area contributed by atoms with E-state index in [-0.39, 0.29) is 24.0 Å². The average Bonchev–Trinajstić information content (AvgIpc) is 3.02. The second-order valence-electron chi connectivity index (χ2n) is 5.93. The van der Waals surface area contributed by atoms with Gasteiger partial charge >= 0.3 is 0 Å². The van der Waals surface area contributed by atoms with Gasteiger partial charge < -0.3 is 15.5 Å². The van der Waals surface area contributed by atoms with E-state index in [4.69, 9.17) is 4.99 Å². The predicted molar refractivity (Wildman–Crippen MR) is 110 cm³/mol. The number of nitrogens with one attached hydrogen (secondary N) is 2. The Bertz CT molecular complexity index is 450. The lowest BCUT2D eigenvalue weighted by atomic mass is 10.1. The summed E-state index contributed by atoms with van der Waals surface area (Å²) in [7, 11) is 0. The molecule has 0 spiro atoms. The molecule has 1 atom stereocenters. The summed E-state index contributed by atoms with van der Waals surface area (Å²) in [6.07, 6.45) is 2.30. The Morgan fingerprint density at radius 3 is 2.65 bits per heavy atom. The first-order chi connectivity index (χ1) is 10.8. The molecule has 1 heterocycles. The molecule has 23 heavy (non-hydrogen) atoms. The zero-order chi connectivity index (χ0) is 15.6. The molecule has 5 heteroatoms. The second kappa shape index (κ2) is 11.7. The van der Waals surface area contributed by atoms with Gasteiger partial charge in [0.25, 0.3) is 0 Å². The van der Waals surface area contributed by atoms with Crippen molar-refractivity contribution in [3.05, 3.63) is 35.9 Å². The van der Waals surface area contributed by atoms with E-state index in [1.165, 1.54) is 25.1 Å². The molecule has 1 aromatic carbocycles. The normalized spacial score (nSPS) is 18.5. The van der Waals surface area contributed by atoms with Gasteiger partial charge in [-0.1, -0.05) is 37.3 Å². The van der Waals surface area contributed by atoms with Crippen molar-refractivity contribution in [2.24, 2.45) is 10.9 Å². The first-order valence-electron chi connectivity index (χ1n) is 8.60. The van der Waals surface area contributed by atoms with E-state index >= 15 is 0 Å². The van der Waals surface area contributed by atoms with Crippen LogP contribution in [0.15, 0.2) is 35.3 Å². The molecule has 4 nitrogen and oxygen atoms in total. The Balaban J connectivity index is 0.00000264. The van der Waals surface area contributed by atoms with Gasteiger partial charge in [0, 0.05) is 26.2 Å². The minimum atomic E-state index is 0. The fraction of sp³-hybridized carbons (Fsp3) is 0.611. The summed E-state index contributed by atoms with van der Waals surface area (Å²) in [5, 5.41) is 6.79. The molecule has 0 amide bonds. The van der Waals surface area contributed by atoms with E-state index in [0.29, 0.717) is 5.92 Å². The van der Waals surface area contributed by atoms with Crippen molar-refractivity contribution in [2.75, 3.05) is 39.3 Å². The van der Waals surface area contributed by atoms with E-state index in [1.54, 1.807) is 0 Å². The molecule has 0 saturated carbocycles. The Labute approximate surface area is 158 Å². The van der Waals surface area contributed by atoms with Gasteiger partial charge in [-0.3, -0.25) is 4.99 Å². The monoisotopic (exact) mass is 430 g/mol. The number of hydrogen-bond acceptors (Lipinski definition) is 2. The van der Waals surface area contributed by atoms with Gasteiger partial charge in [-0.25, -0.2) is 0 Å².